The fraction of sp³-hybridized carbons (Fsp3) is 0.932. The van der Waals surface area contributed by atoms with Crippen LogP contribution in [0.15, 0.2) is 0 Å². The van der Waals surface area contributed by atoms with Crippen LogP contribution in [-0.4, -0.2) is 59.9 Å². The van der Waals surface area contributed by atoms with E-state index in [1.165, 1.54) is 154 Å². The molecule has 1 unspecified atom stereocenters. The number of nitrogens with two attached hydrogens (primary N) is 1. The Morgan fingerprint density at radius 2 is 0.786 bits per heavy atom. The SMILES string of the molecule is CCCCCCCCCCCCCCCCCCCCC(=O)OC[C@@H](COP(=O)(O)OC[C@@H](N)C(=O)O)OC(=O)CCCCCCCCCCCCCCCC. The topological polar surface area (TPSA) is 172 Å². The second-order valence-corrected chi connectivity index (χ2v) is 17.4. The average Bonchev–Trinajstić information content (AvgIpc) is 3.17. The van der Waals surface area contributed by atoms with Gasteiger partial charge in [-0.25, -0.2) is 4.57 Å². The van der Waals surface area contributed by atoms with Crippen molar-refractivity contribution in [3.05, 3.63) is 0 Å². The van der Waals surface area contributed by atoms with E-state index in [0.717, 1.165) is 38.5 Å². The second-order valence-electron chi connectivity index (χ2n) is 15.9. The van der Waals surface area contributed by atoms with Crippen molar-refractivity contribution in [2.24, 2.45) is 5.73 Å². The lowest BCUT2D eigenvalue weighted by Crippen LogP contribution is -2.34. The molecule has 0 heterocycles. The lowest BCUT2D eigenvalue weighted by molar-refractivity contribution is -0.161. The normalized spacial score (nSPS) is 13.6. The highest BCUT2D eigenvalue weighted by Gasteiger charge is 2.28. The Bertz CT molecular complexity index is 968. The average molecular weight is 820 g/mol. The van der Waals surface area contributed by atoms with Crippen LogP contribution in [0, 0.1) is 0 Å². The van der Waals surface area contributed by atoms with Gasteiger partial charge in [0, 0.05) is 12.8 Å². The number of ether oxygens (including phenoxy) is 2. The van der Waals surface area contributed by atoms with Crippen LogP contribution < -0.4 is 5.73 Å². The zero-order chi connectivity index (χ0) is 41.4. The monoisotopic (exact) mass is 820 g/mol. The van der Waals surface area contributed by atoms with Crippen LogP contribution >= 0.6 is 7.82 Å². The number of carboxylic acids is 1. The maximum atomic E-state index is 12.6. The van der Waals surface area contributed by atoms with Gasteiger partial charge in [-0.2, -0.15) is 0 Å². The zero-order valence-electron chi connectivity index (χ0n) is 36.0. The van der Waals surface area contributed by atoms with E-state index in [2.05, 4.69) is 18.4 Å². The summed E-state index contributed by atoms with van der Waals surface area (Å²) < 4.78 is 32.7. The van der Waals surface area contributed by atoms with E-state index in [1.807, 2.05) is 0 Å². The molecule has 11 nitrogen and oxygen atoms in total. The molecule has 0 fully saturated rings. The fourth-order valence-electron chi connectivity index (χ4n) is 6.71. The number of phosphoric acid groups is 1. The van der Waals surface area contributed by atoms with Gasteiger partial charge in [-0.15, -0.1) is 0 Å². The van der Waals surface area contributed by atoms with Crippen LogP contribution in [0.4, 0.5) is 0 Å². The predicted octanol–water partition coefficient (Wildman–Crippen LogP) is 12.3. The first-order valence-corrected chi connectivity index (χ1v) is 24.6. The van der Waals surface area contributed by atoms with Gasteiger partial charge in [0.05, 0.1) is 13.2 Å². The molecule has 0 saturated carbocycles. The summed E-state index contributed by atoms with van der Waals surface area (Å²) in [5.41, 5.74) is 5.34. The predicted molar refractivity (Wildman–Crippen MR) is 227 cm³/mol. The number of rotatable bonds is 44. The highest BCUT2D eigenvalue weighted by Crippen LogP contribution is 2.43. The summed E-state index contributed by atoms with van der Waals surface area (Å²) >= 11 is 0. The standard InChI is InChI=1S/C44H86NO10P/c1-3-5-7-9-11-13-15-17-19-20-21-22-24-25-27-29-31-33-35-42(46)52-37-40(38-53-56(50,51)54-39-41(45)44(48)49)55-43(47)36-34-32-30-28-26-23-18-16-14-12-10-8-6-4-2/h40-41H,3-39,45H2,1-2H3,(H,48,49)(H,50,51)/t40-,41+/m0/s1. The third-order valence-corrected chi connectivity index (χ3v) is 11.3. The fourth-order valence-corrected chi connectivity index (χ4v) is 7.49. The molecule has 0 aromatic carbocycles. The maximum Gasteiger partial charge on any atom is 0.472 e. The Labute approximate surface area is 342 Å². The number of aliphatic carboxylic acids is 1. The van der Waals surface area contributed by atoms with E-state index in [-0.39, 0.29) is 19.4 Å². The summed E-state index contributed by atoms with van der Waals surface area (Å²) in [7, 11) is -4.71. The van der Waals surface area contributed by atoms with E-state index in [4.69, 9.17) is 24.8 Å². The highest BCUT2D eigenvalue weighted by molar-refractivity contribution is 7.47. The van der Waals surface area contributed by atoms with Gasteiger partial charge in [0.1, 0.15) is 12.6 Å². The van der Waals surface area contributed by atoms with E-state index in [9.17, 15) is 23.8 Å². The van der Waals surface area contributed by atoms with E-state index >= 15 is 0 Å². The number of carbonyl (C=O) groups is 3. The quantitative estimate of drug-likeness (QED) is 0.0303. The van der Waals surface area contributed by atoms with E-state index < -0.39 is 51.1 Å². The van der Waals surface area contributed by atoms with Crippen molar-refractivity contribution in [1.29, 1.82) is 0 Å². The van der Waals surface area contributed by atoms with Gasteiger partial charge < -0.3 is 25.2 Å². The molecule has 56 heavy (non-hydrogen) atoms. The first-order chi connectivity index (χ1) is 27.1. The van der Waals surface area contributed by atoms with Gasteiger partial charge in [0.15, 0.2) is 6.10 Å². The molecule has 4 N–H and O–H groups in total. The minimum absolute atomic E-state index is 0.169. The highest BCUT2D eigenvalue weighted by atomic mass is 31.2. The van der Waals surface area contributed by atoms with Crippen LogP contribution in [0.5, 0.6) is 0 Å². The van der Waals surface area contributed by atoms with Crippen LogP contribution in [0.25, 0.3) is 0 Å². The Hall–Kier alpha value is -1.52. The molecule has 0 spiro atoms. The minimum Gasteiger partial charge on any atom is -0.480 e. The molecule has 0 aliphatic carbocycles. The molecule has 3 atom stereocenters. The van der Waals surface area contributed by atoms with Crippen molar-refractivity contribution in [3.63, 3.8) is 0 Å². The zero-order valence-corrected chi connectivity index (χ0v) is 36.9. The van der Waals surface area contributed by atoms with Crippen molar-refractivity contribution in [3.8, 4) is 0 Å². The van der Waals surface area contributed by atoms with Crippen molar-refractivity contribution in [2.45, 2.75) is 244 Å². The van der Waals surface area contributed by atoms with Crippen molar-refractivity contribution in [2.75, 3.05) is 19.8 Å². The largest absolute Gasteiger partial charge is 0.480 e. The molecule has 0 amide bonds. The first kappa shape index (κ1) is 54.5. The molecule has 332 valence electrons. The summed E-state index contributed by atoms with van der Waals surface area (Å²) in [6.45, 7) is 2.84. The van der Waals surface area contributed by atoms with Gasteiger partial charge in [0.2, 0.25) is 0 Å². The van der Waals surface area contributed by atoms with E-state index in [1.54, 1.807) is 0 Å². The summed E-state index contributed by atoms with van der Waals surface area (Å²) in [4.78, 5) is 46.0. The number of esters is 2. The number of carboxylic acid groups (broad SMARTS) is 1. The number of phosphoric ester groups is 1. The number of hydrogen-bond donors (Lipinski definition) is 3. The number of unbranched alkanes of at least 4 members (excludes halogenated alkanes) is 30. The van der Waals surface area contributed by atoms with Gasteiger partial charge in [-0.05, 0) is 12.8 Å². The van der Waals surface area contributed by atoms with Crippen LogP contribution in [0.2, 0.25) is 0 Å². The molecule has 0 rings (SSSR count). The molecule has 0 aromatic heterocycles. The molecule has 0 aliphatic rings. The molecular weight excluding hydrogens is 733 g/mol. The first-order valence-electron chi connectivity index (χ1n) is 23.1. The minimum atomic E-state index is -4.71. The molecule has 0 saturated heterocycles. The Morgan fingerprint density at radius 1 is 0.482 bits per heavy atom. The molecule has 0 aromatic rings. The number of hydrogen-bond acceptors (Lipinski definition) is 9. The summed E-state index contributed by atoms with van der Waals surface area (Å²) in [6, 6.07) is -1.52. The Kier molecular flexibility index (Phi) is 39.2. The van der Waals surface area contributed by atoms with Gasteiger partial charge in [-0.3, -0.25) is 23.4 Å². The second kappa shape index (κ2) is 40.3. The van der Waals surface area contributed by atoms with Crippen LogP contribution in [0.3, 0.4) is 0 Å². The lowest BCUT2D eigenvalue weighted by atomic mass is 10.0. The third kappa shape index (κ3) is 39.3. The van der Waals surface area contributed by atoms with Crippen molar-refractivity contribution < 1.29 is 47.5 Å². The van der Waals surface area contributed by atoms with Crippen molar-refractivity contribution >= 4 is 25.7 Å². The molecule has 0 radical (unpaired) electrons. The Morgan fingerprint density at radius 3 is 1.12 bits per heavy atom. The Balaban J connectivity index is 4.26. The molecule has 0 aliphatic heterocycles. The van der Waals surface area contributed by atoms with Crippen molar-refractivity contribution in [1.82, 2.24) is 0 Å². The molecule has 12 heteroatoms. The van der Waals surface area contributed by atoms with E-state index in [0.29, 0.717) is 12.8 Å². The summed E-state index contributed by atoms with van der Waals surface area (Å²) in [5.74, 6) is -2.36. The maximum absolute atomic E-state index is 12.6. The van der Waals surface area contributed by atoms with Gasteiger partial charge >= 0.3 is 25.7 Å². The molecular formula is C44H86NO10P. The lowest BCUT2D eigenvalue weighted by Gasteiger charge is -2.20. The third-order valence-electron chi connectivity index (χ3n) is 10.4. The van der Waals surface area contributed by atoms with Gasteiger partial charge in [0.25, 0.3) is 0 Å². The van der Waals surface area contributed by atoms with Crippen LogP contribution in [0.1, 0.15) is 232 Å². The van der Waals surface area contributed by atoms with Gasteiger partial charge in [-0.1, -0.05) is 206 Å². The summed E-state index contributed by atoms with van der Waals surface area (Å²) in [5, 5.41) is 8.89. The number of carbonyl (C=O) groups excluding carboxylic acids is 2. The summed E-state index contributed by atoms with van der Waals surface area (Å²) in [6.07, 6.45) is 38.8. The van der Waals surface area contributed by atoms with Crippen LogP contribution in [-0.2, 0) is 37.5 Å². The molecule has 0 bridgehead atoms. The smallest absolute Gasteiger partial charge is 0.472 e.